The van der Waals surface area contributed by atoms with Gasteiger partial charge in [0.05, 0.1) is 6.54 Å². The molecule has 0 aliphatic carbocycles. The van der Waals surface area contributed by atoms with Crippen LogP contribution in [0.1, 0.15) is 46.7 Å². The van der Waals surface area contributed by atoms with Gasteiger partial charge in [0, 0.05) is 13.5 Å². The Balaban J connectivity index is 1.97. The van der Waals surface area contributed by atoms with E-state index in [0.717, 1.165) is 5.56 Å². The van der Waals surface area contributed by atoms with Crippen molar-refractivity contribution in [2.45, 2.75) is 32.7 Å². The Labute approximate surface area is 135 Å². The number of carbonyl (C=O) groups is 2. The highest BCUT2D eigenvalue weighted by atomic mass is 16.4. The third-order valence-electron chi connectivity index (χ3n) is 3.87. The number of carbonyl (C=O) groups excluding carboxylic acids is 1. The van der Waals surface area contributed by atoms with Crippen molar-refractivity contribution in [3.05, 3.63) is 59.0 Å². The van der Waals surface area contributed by atoms with Gasteiger partial charge >= 0.3 is 5.97 Å². The fraction of sp³-hybridized carbons (Fsp3) is 0.333. The van der Waals surface area contributed by atoms with Crippen molar-refractivity contribution in [1.29, 1.82) is 0 Å². The average Bonchev–Trinajstić information content (AvgIpc) is 2.88. The molecule has 1 amide bonds. The number of aromatic carboxylic acids is 1. The maximum Gasteiger partial charge on any atom is 0.339 e. The lowest BCUT2D eigenvalue weighted by Gasteiger charge is -2.19. The van der Waals surface area contributed by atoms with Gasteiger partial charge in [0.25, 0.3) is 0 Å². The van der Waals surface area contributed by atoms with E-state index >= 15 is 0 Å². The number of aryl methyl sites for hydroxylation is 1. The van der Waals surface area contributed by atoms with Gasteiger partial charge in [0.2, 0.25) is 5.91 Å². The second kappa shape index (κ2) is 7.13. The molecule has 5 heteroatoms. The van der Waals surface area contributed by atoms with Crippen LogP contribution in [0.25, 0.3) is 0 Å². The lowest BCUT2D eigenvalue weighted by atomic mass is 9.97. The summed E-state index contributed by atoms with van der Waals surface area (Å²) in [5.41, 5.74) is 1.26. The van der Waals surface area contributed by atoms with Gasteiger partial charge < -0.3 is 14.4 Å². The molecule has 0 fully saturated rings. The number of carboxylic acid groups (broad SMARTS) is 1. The van der Waals surface area contributed by atoms with Gasteiger partial charge in [0.15, 0.2) is 0 Å². The number of hydrogen-bond donors (Lipinski definition) is 1. The fourth-order valence-corrected chi connectivity index (χ4v) is 2.47. The van der Waals surface area contributed by atoms with Gasteiger partial charge in [-0.25, -0.2) is 4.79 Å². The summed E-state index contributed by atoms with van der Waals surface area (Å²) in [6.07, 6.45) is 0.395. The van der Waals surface area contributed by atoms with Crippen LogP contribution in [-0.2, 0) is 11.3 Å². The minimum atomic E-state index is -1.02. The molecule has 0 saturated heterocycles. The zero-order valence-electron chi connectivity index (χ0n) is 13.6. The van der Waals surface area contributed by atoms with E-state index in [1.807, 2.05) is 37.3 Å². The van der Waals surface area contributed by atoms with Crippen molar-refractivity contribution in [3.63, 3.8) is 0 Å². The molecule has 0 spiro atoms. The third kappa shape index (κ3) is 4.22. The Morgan fingerprint density at radius 1 is 1.26 bits per heavy atom. The lowest BCUT2D eigenvalue weighted by molar-refractivity contribution is -0.131. The van der Waals surface area contributed by atoms with Crippen LogP contribution in [-0.4, -0.2) is 28.9 Å². The highest BCUT2D eigenvalue weighted by Crippen LogP contribution is 2.21. The van der Waals surface area contributed by atoms with E-state index in [1.165, 1.54) is 6.07 Å². The maximum absolute atomic E-state index is 12.3. The minimum absolute atomic E-state index is 0.00715. The Kier molecular flexibility index (Phi) is 5.21. The van der Waals surface area contributed by atoms with Gasteiger partial charge in [0.1, 0.15) is 17.1 Å². The third-order valence-corrected chi connectivity index (χ3v) is 3.87. The Morgan fingerprint density at radius 2 is 1.91 bits per heavy atom. The molecule has 2 rings (SSSR count). The molecular formula is C18H21NO4. The van der Waals surface area contributed by atoms with Crippen molar-refractivity contribution in [2.75, 3.05) is 7.05 Å². The SMILES string of the molecule is Cc1oc(CN(C)C(=O)CC(C)c2ccccc2)cc1C(=O)O. The van der Waals surface area contributed by atoms with Crippen molar-refractivity contribution in [2.24, 2.45) is 0 Å². The molecule has 5 nitrogen and oxygen atoms in total. The highest BCUT2D eigenvalue weighted by Gasteiger charge is 2.18. The summed E-state index contributed by atoms with van der Waals surface area (Å²) < 4.78 is 5.41. The standard InChI is InChI=1S/C18H21NO4/c1-12(14-7-5-4-6-8-14)9-17(20)19(3)11-15-10-16(18(21)22)13(2)23-15/h4-8,10,12H,9,11H2,1-3H3,(H,21,22). The first kappa shape index (κ1) is 16.8. The molecule has 122 valence electrons. The zero-order valence-corrected chi connectivity index (χ0v) is 13.6. The summed E-state index contributed by atoms with van der Waals surface area (Å²) in [5, 5.41) is 9.03. The second-order valence-corrected chi connectivity index (χ2v) is 5.75. The summed E-state index contributed by atoms with van der Waals surface area (Å²) in [6.45, 7) is 3.88. The molecule has 0 bridgehead atoms. The predicted octanol–water partition coefficient (Wildman–Crippen LogP) is 3.44. The first-order valence-corrected chi connectivity index (χ1v) is 7.50. The molecular weight excluding hydrogens is 294 g/mol. The minimum Gasteiger partial charge on any atom is -0.478 e. The van der Waals surface area contributed by atoms with Crippen LogP contribution >= 0.6 is 0 Å². The molecule has 0 radical (unpaired) electrons. The van der Waals surface area contributed by atoms with Crippen molar-refractivity contribution >= 4 is 11.9 Å². The van der Waals surface area contributed by atoms with Crippen LogP contribution in [0.15, 0.2) is 40.8 Å². The Morgan fingerprint density at radius 3 is 2.48 bits per heavy atom. The van der Waals surface area contributed by atoms with E-state index in [1.54, 1.807) is 18.9 Å². The molecule has 23 heavy (non-hydrogen) atoms. The normalized spacial score (nSPS) is 12.0. The van der Waals surface area contributed by atoms with Gasteiger partial charge in [-0.1, -0.05) is 37.3 Å². The molecule has 1 unspecified atom stereocenters. The molecule has 1 atom stereocenters. The van der Waals surface area contributed by atoms with Crippen LogP contribution in [0.4, 0.5) is 0 Å². The highest BCUT2D eigenvalue weighted by molar-refractivity contribution is 5.88. The van der Waals surface area contributed by atoms with Crippen LogP contribution in [0.2, 0.25) is 0 Å². The molecule has 0 saturated carbocycles. The van der Waals surface area contributed by atoms with Crippen molar-refractivity contribution in [3.8, 4) is 0 Å². The molecule has 0 aliphatic heterocycles. The number of rotatable bonds is 6. The Bertz CT molecular complexity index is 690. The second-order valence-electron chi connectivity index (χ2n) is 5.75. The summed E-state index contributed by atoms with van der Waals surface area (Å²) in [6, 6.07) is 11.4. The summed E-state index contributed by atoms with van der Waals surface area (Å²) in [4.78, 5) is 24.9. The number of nitrogens with zero attached hydrogens (tertiary/aromatic N) is 1. The van der Waals surface area contributed by atoms with E-state index in [4.69, 9.17) is 9.52 Å². The van der Waals surface area contributed by atoms with Crippen LogP contribution in [0, 0.1) is 6.92 Å². The monoisotopic (exact) mass is 315 g/mol. The predicted molar refractivity (Wildman–Crippen MR) is 86.4 cm³/mol. The first-order chi connectivity index (χ1) is 10.9. The van der Waals surface area contributed by atoms with E-state index in [9.17, 15) is 9.59 Å². The molecule has 2 aromatic rings. The lowest BCUT2D eigenvalue weighted by Crippen LogP contribution is -2.27. The van der Waals surface area contributed by atoms with Crippen molar-refractivity contribution in [1.82, 2.24) is 4.90 Å². The van der Waals surface area contributed by atoms with Gasteiger partial charge in [-0.05, 0) is 24.5 Å². The average molecular weight is 315 g/mol. The van der Waals surface area contributed by atoms with Crippen LogP contribution in [0.5, 0.6) is 0 Å². The number of amides is 1. The fourth-order valence-electron chi connectivity index (χ4n) is 2.47. The van der Waals surface area contributed by atoms with Gasteiger partial charge in [-0.2, -0.15) is 0 Å². The number of furan rings is 1. The zero-order chi connectivity index (χ0) is 17.0. The quantitative estimate of drug-likeness (QED) is 0.886. The molecule has 1 aromatic carbocycles. The van der Waals surface area contributed by atoms with E-state index in [0.29, 0.717) is 17.9 Å². The largest absolute Gasteiger partial charge is 0.478 e. The van der Waals surface area contributed by atoms with Gasteiger partial charge in [-0.15, -0.1) is 0 Å². The summed E-state index contributed by atoms with van der Waals surface area (Å²) >= 11 is 0. The smallest absolute Gasteiger partial charge is 0.339 e. The van der Waals surface area contributed by atoms with Gasteiger partial charge in [-0.3, -0.25) is 4.79 Å². The Hall–Kier alpha value is -2.56. The molecule has 1 aromatic heterocycles. The summed E-state index contributed by atoms with van der Waals surface area (Å²) in [5.74, 6) is -0.0790. The van der Waals surface area contributed by atoms with Crippen LogP contribution in [0.3, 0.4) is 0 Å². The summed E-state index contributed by atoms with van der Waals surface area (Å²) in [7, 11) is 1.69. The van der Waals surface area contributed by atoms with E-state index < -0.39 is 5.97 Å². The maximum atomic E-state index is 12.3. The number of hydrogen-bond acceptors (Lipinski definition) is 3. The van der Waals surface area contributed by atoms with Crippen molar-refractivity contribution < 1.29 is 19.1 Å². The molecule has 0 aliphatic rings. The first-order valence-electron chi connectivity index (χ1n) is 7.50. The van der Waals surface area contributed by atoms with Crippen LogP contribution < -0.4 is 0 Å². The topological polar surface area (TPSA) is 70.8 Å². The van der Waals surface area contributed by atoms with E-state index in [-0.39, 0.29) is 23.9 Å². The number of benzene rings is 1. The van der Waals surface area contributed by atoms with E-state index in [2.05, 4.69) is 0 Å². The molecule has 1 heterocycles. The molecule has 1 N–H and O–H groups in total. The number of carboxylic acids is 1.